The maximum Gasteiger partial charge on any atom is 0.145 e. The SMILES string of the molecule is COc1cc(C(O)CN)cc(OC)c1N. The number of ether oxygens (including phenoxy) is 2. The van der Waals surface area contributed by atoms with Crippen molar-refractivity contribution in [1.29, 1.82) is 0 Å². The first-order valence-corrected chi connectivity index (χ1v) is 4.53. The third kappa shape index (κ3) is 2.31. The van der Waals surface area contributed by atoms with Crippen LogP contribution in [-0.2, 0) is 0 Å². The Balaban J connectivity index is 3.20. The summed E-state index contributed by atoms with van der Waals surface area (Å²) in [7, 11) is 3.01. The van der Waals surface area contributed by atoms with Crippen LogP contribution in [0.15, 0.2) is 12.1 Å². The van der Waals surface area contributed by atoms with Gasteiger partial charge in [0.2, 0.25) is 0 Å². The van der Waals surface area contributed by atoms with Crippen LogP contribution in [-0.4, -0.2) is 25.9 Å². The Morgan fingerprint density at radius 2 is 1.73 bits per heavy atom. The van der Waals surface area contributed by atoms with Crippen LogP contribution in [0, 0.1) is 0 Å². The van der Waals surface area contributed by atoms with Crippen molar-refractivity contribution in [3.05, 3.63) is 17.7 Å². The van der Waals surface area contributed by atoms with Crippen molar-refractivity contribution in [2.45, 2.75) is 6.10 Å². The molecular weight excluding hydrogens is 196 g/mol. The first-order valence-electron chi connectivity index (χ1n) is 4.53. The van der Waals surface area contributed by atoms with E-state index in [2.05, 4.69) is 0 Å². The summed E-state index contributed by atoms with van der Waals surface area (Å²) in [5, 5.41) is 9.58. The molecule has 1 rings (SSSR count). The van der Waals surface area contributed by atoms with Gasteiger partial charge in [-0.05, 0) is 17.7 Å². The second-order valence-corrected chi connectivity index (χ2v) is 3.09. The highest BCUT2D eigenvalue weighted by atomic mass is 16.5. The first kappa shape index (κ1) is 11.6. The lowest BCUT2D eigenvalue weighted by Gasteiger charge is -2.14. The molecule has 0 saturated heterocycles. The minimum atomic E-state index is -0.742. The molecule has 5 nitrogen and oxygen atoms in total. The Morgan fingerprint density at radius 1 is 1.27 bits per heavy atom. The van der Waals surface area contributed by atoms with E-state index in [1.54, 1.807) is 12.1 Å². The Kier molecular flexibility index (Phi) is 3.76. The molecule has 1 unspecified atom stereocenters. The number of nitrogens with two attached hydrogens (primary N) is 2. The van der Waals surface area contributed by atoms with Gasteiger partial charge >= 0.3 is 0 Å². The molecule has 0 fully saturated rings. The average molecular weight is 212 g/mol. The van der Waals surface area contributed by atoms with E-state index in [1.165, 1.54) is 14.2 Å². The predicted octanol–water partition coefficient (Wildman–Crippen LogP) is 0.278. The van der Waals surface area contributed by atoms with Crippen LogP contribution in [0.25, 0.3) is 0 Å². The summed E-state index contributed by atoms with van der Waals surface area (Å²) in [6.07, 6.45) is -0.742. The summed E-state index contributed by atoms with van der Waals surface area (Å²) in [6.45, 7) is 0.135. The van der Waals surface area contributed by atoms with Crippen molar-refractivity contribution in [3.8, 4) is 11.5 Å². The van der Waals surface area contributed by atoms with Gasteiger partial charge in [0.1, 0.15) is 17.2 Å². The van der Waals surface area contributed by atoms with E-state index in [-0.39, 0.29) is 6.54 Å². The van der Waals surface area contributed by atoms with Crippen LogP contribution >= 0.6 is 0 Å². The van der Waals surface area contributed by atoms with E-state index in [0.29, 0.717) is 22.7 Å². The number of benzene rings is 1. The average Bonchev–Trinajstić information content (AvgIpc) is 2.28. The summed E-state index contributed by atoms with van der Waals surface area (Å²) in [4.78, 5) is 0. The minimum Gasteiger partial charge on any atom is -0.494 e. The van der Waals surface area contributed by atoms with Gasteiger partial charge < -0.3 is 26.0 Å². The van der Waals surface area contributed by atoms with Crippen molar-refractivity contribution in [2.75, 3.05) is 26.5 Å². The van der Waals surface area contributed by atoms with Crippen LogP contribution in [0.4, 0.5) is 5.69 Å². The molecule has 0 aliphatic carbocycles. The standard InChI is InChI=1S/C10H16N2O3/c1-14-8-3-6(7(13)5-11)4-9(15-2)10(8)12/h3-4,7,13H,5,11-12H2,1-2H3. The van der Waals surface area contributed by atoms with Gasteiger partial charge in [-0.2, -0.15) is 0 Å². The highest BCUT2D eigenvalue weighted by Crippen LogP contribution is 2.34. The van der Waals surface area contributed by atoms with Gasteiger partial charge in [-0.3, -0.25) is 0 Å². The molecule has 0 aromatic heterocycles. The molecule has 1 atom stereocenters. The zero-order valence-corrected chi connectivity index (χ0v) is 8.86. The van der Waals surface area contributed by atoms with Crippen LogP contribution in [0.3, 0.4) is 0 Å². The van der Waals surface area contributed by atoms with E-state index < -0.39 is 6.10 Å². The van der Waals surface area contributed by atoms with Crippen molar-refractivity contribution in [1.82, 2.24) is 0 Å². The molecule has 0 amide bonds. The van der Waals surface area contributed by atoms with Crippen molar-refractivity contribution < 1.29 is 14.6 Å². The second-order valence-electron chi connectivity index (χ2n) is 3.09. The topological polar surface area (TPSA) is 90.7 Å². The quantitative estimate of drug-likeness (QED) is 0.623. The number of hydrogen-bond donors (Lipinski definition) is 3. The van der Waals surface area contributed by atoms with E-state index in [9.17, 15) is 5.11 Å². The Labute approximate surface area is 88.6 Å². The number of anilines is 1. The first-order chi connectivity index (χ1) is 7.13. The molecule has 0 aliphatic heterocycles. The van der Waals surface area contributed by atoms with E-state index in [4.69, 9.17) is 20.9 Å². The molecule has 0 aliphatic rings. The third-order valence-electron chi connectivity index (χ3n) is 2.17. The van der Waals surface area contributed by atoms with Crippen LogP contribution < -0.4 is 20.9 Å². The summed E-state index contributed by atoms with van der Waals surface area (Å²) in [6, 6.07) is 3.30. The summed E-state index contributed by atoms with van der Waals surface area (Å²) in [5.74, 6) is 0.939. The molecule has 1 aromatic rings. The van der Waals surface area contributed by atoms with Gasteiger partial charge in [-0.1, -0.05) is 0 Å². The molecular formula is C10H16N2O3. The van der Waals surface area contributed by atoms with E-state index >= 15 is 0 Å². The van der Waals surface area contributed by atoms with Gasteiger partial charge in [0.15, 0.2) is 0 Å². The molecule has 1 aromatic carbocycles. The lowest BCUT2D eigenvalue weighted by atomic mass is 10.1. The van der Waals surface area contributed by atoms with E-state index in [1.807, 2.05) is 0 Å². The van der Waals surface area contributed by atoms with Crippen LogP contribution in [0.5, 0.6) is 11.5 Å². The van der Waals surface area contributed by atoms with Gasteiger partial charge in [0, 0.05) is 6.54 Å². The zero-order valence-electron chi connectivity index (χ0n) is 8.86. The fourth-order valence-electron chi connectivity index (χ4n) is 1.29. The maximum atomic E-state index is 9.58. The molecule has 0 radical (unpaired) electrons. The summed E-state index contributed by atoms with van der Waals surface area (Å²) < 4.78 is 10.1. The number of aliphatic hydroxyl groups is 1. The lowest BCUT2D eigenvalue weighted by Crippen LogP contribution is -2.12. The van der Waals surface area contributed by atoms with Crippen LogP contribution in [0.2, 0.25) is 0 Å². The van der Waals surface area contributed by atoms with E-state index in [0.717, 1.165) is 0 Å². The molecule has 0 saturated carbocycles. The highest BCUT2D eigenvalue weighted by molar-refractivity contribution is 5.64. The Bertz CT molecular complexity index is 316. The maximum absolute atomic E-state index is 9.58. The van der Waals surface area contributed by atoms with Crippen molar-refractivity contribution >= 4 is 5.69 Å². The molecule has 0 heterocycles. The minimum absolute atomic E-state index is 0.135. The number of aliphatic hydroxyl groups excluding tert-OH is 1. The summed E-state index contributed by atoms with van der Waals surface area (Å²) in [5.41, 5.74) is 12.1. The molecule has 5 N–H and O–H groups in total. The van der Waals surface area contributed by atoms with Crippen LogP contribution in [0.1, 0.15) is 11.7 Å². The summed E-state index contributed by atoms with van der Waals surface area (Å²) >= 11 is 0. The largest absolute Gasteiger partial charge is 0.494 e. The third-order valence-corrected chi connectivity index (χ3v) is 2.17. The molecule has 84 valence electrons. The number of nitrogen functional groups attached to an aromatic ring is 1. The van der Waals surface area contributed by atoms with Gasteiger partial charge in [-0.25, -0.2) is 0 Å². The number of rotatable bonds is 4. The van der Waals surface area contributed by atoms with Gasteiger partial charge in [0.05, 0.1) is 20.3 Å². The fraction of sp³-hybridized carbons (Fsp3) is 0.400. The Hall–Kier alpha value is -1.46. The lowest BCUT2D eigenvalue weighted by molar-refractivity contribution is 0.186. The molecule has 0 bridgehead atoms. The monoisotopic (exact) mass is 212 g/mol. The normalized spacial score (nSPS) is 12.3. The van der Waals surface area contributed by atoms with Gasteiger partial charge in [0.25, 0.3) is 0 Å². The number of methoxy groups -OCH3 is 2. The van der Waals surface area contributed by atoms with Gasteiger partial charge in [-0.15, -0.1) is 0 Å². The predicted molar refractivity (Wildman–Crippen MR) is 58.0 cm³/mol. The molecule has 15 heavy (non-hydrogen) atoms. The van der Waals surface area contributed by atoms with Crippen molar-refractivity contribution in [2.24, 2.45) is 5.73 Å². The Morgan fingerprint density at radius 3 is 2.07 bits per heavy atom. The molecule has 0 spiro atoms. The van der Waals surface area contributed by atoms with Crippen molar-refractivity contribution in [3.63, 3.8) is 0 Å². The zero-order chi connectivity index (χ0) is 11.4. The smallest absolute Gasteiger partial charge is 0.145 e. The highest BCUT2D eigenvalue weighted by Gasteiger charge is 2.13. The second kappa shape index (κ2) is 4.86. The number of hydrogen-bond acceptors (Lipinski definition) is 5. The molecule has 5 heteroatoms. The fourth-order valence-corrected chi connectivity index (χ4v) is 1.29.